The summed E-state index contributed by atoms with van der Waals surface area (Å²) in [5.74, 6) is 1.35. The van der Waals surface area contributed by atoms with E-state index in [4.69, 9.17) is 9.47 Å². The van der Waals surface area contributed by atoms with E-state index in [0.717, 1.165) is 27.6 Å². The molecule has 2 rings (SSSR count). The number of rotatable bonds is 4. The number of hydrogen-bond acceptors (Lipinski definition) is 5. The molecule has 6 heteroatoms. The zero-order valence-electron chi connectivity index (χ0n) is 11.8. The van der Waals surface area contributed by atoms with Crippen LogP contribution in [0.15, 0.2) is 18.2 Å². The van der Waals surface area contributed by atoms with Gasteiger partial charge in [0.2, 0.25) is 5.91 Å². The molecule has 0 saturated carbocycles. The fraction of sp³-hybridized carbons (Fsp3) is 0.286. The van der Waals surface area contributed by atoms with E-state index in [-0.39, 0.29) is 5.91 Å². The molecule has 5 nitrogen and oxygen atoms in total. The van der Waals surface area contributed by atoms with Crippen LogP contribution < -0.4 is 14.8 Å². The molecule has 0 aliphatic carbocycles. The number of carbonyl (C=O) groups is 1. The SMILES string of the molecule is COc1ccc(OC)c(-c2sc(NC(C)=O)nc2C)c1. The number of nitrogens with one attached hydrogen (secondary N) is 1. The predicted molar refractivity (Wildman–Crippen MR) is 79.7 cm³/mol. The molecule has 1 heterocycles. The van der Waals surface area contributed by atoms with Gasteiger partial charge >= 0.3 is 0 Å². The molecule has 106 valence electrons. The van der Waals surface area contributed by atoms with Crippen molar-refractivity contribution in [2.24, 2.45) is 0 Å². The number of hydrogen-bond donors (Lipinski definition) is 1. The van der Waals surface area contributed by atoms with Crippen molar-refractivity contribution in [3.63, 3.8) is 0 Å². The van der Waals surface area contributed by atoms with Crippen LogP contribution in [-0.2, 0) is 4.79 Å². The van der Waals surface area contributed by atoms with Crippen molar-refractivity contribution < 1.29 is 14.3 Å². The second-order valence-electron chi connectivity index (χ2n) is 4.18. The van der Waals surface area contributed by atoms with Gasteiger partial charge in [0, 0.05) is 12.5 Å². The van der Waals surface area contributed by atoms with Crippen molar-refractivity contribution in [2.45, 2.75) is 13.8 Å². The van der Waals surface area contributed by atoms with Gasteiger partial charge in [0.15, 0.2) is 5.13 Å². The molecule has 0 aliphatic heterocycles. The molecule has 1 aromatic carbocycles. The van der Waals surface area contributed by atoms with E-state index in [1.165, 1.54) is 18.3 Å². The minimum atomic E-state index is -0.136. The number of aromatic nitrogens is 1. The van der Waals surface area contributed by atoms with Gasteiger partial charge in [-0.2, -0.15) is 0 Å². The largest absolute Gasteiger partial charge is 0.497 e. The third kappa shape index (κ3) is 2.91. The molecule has 0 radical (unpaired) electrons. The van der Waals surface area contributed by atoms with E-state index in [0.29, 0.717) is 5.13 Å². The summed E-state index contributed by atoms with van der Waals surface area (Å²) in [6, 6.07) is 5.59. The number of benzene rings is 1. The Morgan fingerprint density at radius 1 is 1.30 bits per heavy atom. The Morgan fingerprint density at radius 2 is 2.05 bits per heavy atom. The maximum absolute atomic E-state index is 11.1. The van der Waals surface area contributed by atoms with E-state index in [2.05, 4.69) is 10.3 Å². The van der Waals surface area contributed by atoms with Crippen LogP contribution in [0.25, 0.3) is 10.4 Å². The van der Waals surface area contributed by atoms with Crippen molar-refractivity contribution >= 4 is 22.4 Å². The molecule has 0 spiro atoms. The van der Waals surface area contributed by atoms with E-state index in [1.807, 2.05) is 25.1 Å². The van der Waals surface area contributed by atoms with Gasteiger partial charge in [-0.15, -0.1) is 0 Å². The van der Waals surface area contributed by atoms with Gasteiger partial charge in [-0.3, -0.25) is 4.79 Å². The van der Waals surface area contributed by atoms with Gasteiger partial charge in [0.25, 0.3) is 0 Å². The number of carbonyl (C=O) groups excluding carboxylic acids is 1. The predicted octanol–water partition coefficient (Wildman–Crippen LogP) is 3.09. The summed E-state index contributed by atoms with van der Waals surface area (Å²) in [5, 5.41) is 3.28. The molecule has 0 bridgehead atoms. The van der Waals surface area contributed by atoms with Crippen molar-refractivity contribution in [3.05, 3.63) is 23.9 Å². The summed E-state index contributed by atoms with van der Waals surface area (Å²) in [5.41, 5.74) is 1.74. The molecule has 2 aromatic rings. The molecule has 0 fully saturated rings. The minimum Gasteiger partial charge on any atom is -0.497 e. The molecule has 1 N–H and O–H groups in total. The van der Waals surface area contributed by atoms with Gasteiger partial charge in [0.05, 0.1) is 24.8 Å². The summed E-state index contributed by atoms with van der Waals surface area (Å²) >= 11 is 1.41. The Bertz CT molecular complexity index is 637. The zero-order chi connectivity index (χ0) is 14.7. The number of aryl methyl sites for hydroxylation is 1. The molecule has 0 aliphatic rings. The molecule has 20 heavy (non-hydrogen) atoms. The Hall–Kier alpha value is -2.08. The van der Waals surface area contributed by atoms with Gasteiger partial charge < -0.3 is 14.8 Å². The van der Waals surface area contributed by atoms with E-state index >= 15 is 0 Å². The highest BCUT2D eigenvalue weighted by molar-refractivity contribution is 7.19. The van der Waals surface area contributed by atoms with E-state index in [1.54, 1.807) is 14.2 Å². The standard InChI is InChI=1S/C14H16N2O3S/c1-8-13(20-14(15-8)16-9(2)17)11-7-10(18-3)5-6-12(11)19-4/h5-7H,1-4H3,(H,15,16,17). The summed E-state index contributed by atoms with van der Waals surface area (Å²) in [4.78, 5) is 16.4. The summed E-state index contributed by atoms with van der Waals surface area (Å²) in [7, 11) is 3.24. The van der Waals surface area contributed by atoms with Crippen LogP contribution in [0.4, 0.5) is 5.13 Å². The lowest BCUT2D eigenvalue weighted by molar-refractivity contribution is -0.114. The number of amides is 1. The first-order chi connectivity index (χ1) is 9.55. The fourth-order valence-electron chi connectivity index (χ4n) is 1.84. The number of ether oxygens (including phenoxy) is 2. The van der Waals surface area contributed by atoms with Crippen molar-refractivity contribution in [3.8, 4) is 21.9 Å². The van der Waals surface area contributed by atoms with Crippen molar-refractivity contribution in [2.75, 3.05) is 19.5 Å². The molecule has 1 amide bonds. The van der Waals surface area contributed by atoms with Gasteiger partial charge in [-0.1, -0.05) is 11.3 Å². The number of anilines is 1. The monoisotopic (exact) mass is 292 g/mol. The summed E-state index contributed by atoms with van der Waals surface area (Å²) < 4.78 is 10.6. The average molecular weight is 292 g/mol. The summed E-state index contributed by atoms with van der Waals surface area (Å²) in [6.45, 7) is 3.36. The molecular weight excluding hydrogens is 276 g/mol. The van der Waals surface area contributed by atoms with Crippen LogP contribution in [-0.4, -0.2) is 25.1 Å². The molecule has 0 atom stereocenters. The highest BCUT2D eigenvalue weighted by Crippen LogP contribution is 2.40. The zero-order valence-corrected chi connectivity index (χ0v) is 12.6. The first-order valence-electron chi connectivity index (χ1n) is 6.02. The Balaban J connectivity index is 2.49. The first-order valence-corrected chi connectivity index (χ1v) is 6.84. The third-order valence-corrected chi connectivity index (χ3v) is 3.84. The smallest absolute Gasteiger partial charge is 0.223 e. The maximum atomic E-state index is 11.1. The Morgan fingerprint density at radius 3 is 2.65 bits per heavy atom. The number of thiazole rings is 1. The third-order valence-electron chi connectivity index (χ3n) is 2.73. The maximum Gasteiger partial charge on any atom is 0.223 e. The van der Waals surface area contributed by atoms with Gasteiger partial charge in [-0.25, -0.2) is 4.98 Å². The van der Waals surface area contributed by atoms with Gasteiger partial charge in [-0.05, 0) is 25.1 Å². The minimum absolute atomic E-state index is 0.136. The second-order valence-corrected chi connectivity index (χ2v) is 5.18. The quantitative estimate of drug-likeness (QED) is 0.940. The van der Waals surface area contributed by atoms with Crippen LogP contribution in [0.3, 0.4) is 0 Å². The van der Waals surface area contributed by atoms with Crippen LogP contribution in [0.1, 0.15) is 12.6 Å². The number of nitrogens with zero attached hydrogens (tertiary/aromatic N) is 1. The highest BCUT2D eigenvalue weighted by atomic mass is 32.1. The first kappa shape index (κ1) is 14.3. The van der Waals surface area contributed by atoms with Crippen LogP contribution in [0.5, 0.6) is 11.5 Å². The molecular formula is C14H16N2O3S. The summed E-state index contributed by atoms with van der Waals surface area (Å²) in [6.07, 6.45) is 0. The normalized spacial score (nSPS) is 10.2. The lowest BCUT2D eigenvalue weighted by Crippen LogP contribution is -2.04. The Kier molecular flexibility index (Phi) is 4.24. The topological polar surface area (TPSA) is 60.5 Å². The lowest BCUT2D eigenvalue weighted by Gasteiger charge is -2.09. The van der Waals surface area contributed by atoms with Crippen molar-refractivity contribution in [1.29, 1.82) is 0 Å². The highest BCUT2D eigenvalue weighted by Gasteiger charge is 2.15. The fourth-order valence-corrected chi connectivity index (χ4v) is 2.88. The molecule has 1 aromatic heterocycles. The van der Waals surface area contributed by atoms with Crippen LogP contribution in [0.2, 0.25) is 0 Å². The van der Waals surface area contributed by atoms with Crippen molar-refractivity contribution in [1.82, 2.24) is 4.98 Å². The van der Waals surface area contributed by atoms with E-state index in [9.17, 15) is 4.79 Å². The van der Waals surface area contributed by atoms with Gasteiger partial charge in [0.1, 0.15) is 11.5 Å². The number of methoxy groups -OCH3 is 2. The second kappa shape index (κ2) is 5.92. The molecule has 0 saturated heterocycles. The molecule has 0 unspecified atom stereocenters. The average Bonchev–Trinajstić information content (AvgIpc) is 2.77. The lowest BCUT2D eigenvalue weighted by atomic mass is 10.1. The van der Waals surface area contributed by atoms with E-state index < -0.39 is 0 Å². The van der Waals surface area contributed by atoms with Crippen LogP contribution in [0, 0.1) is 6.92 Å². The van der Waals surface area contributed by atoms with Crippen LogP contribution >= 0.6 is 11.3 Å². The Labute approximate surface area is 121 Å².